The molecule has 0 spiro atoms. The van der Waals surface area contributed by atoms with Crippen molar-refractivity contribution in [3.8, 4) is 0 Å². The summed E-state index contributed by atoms with van der Waals surface area (Å²) < 4.78 is 26.7. The third-order valence-corrected chi connectivity index (χ3v) is 5.18. The van der Waals surface area contributed by atoms with Crippen LogP contribution in [0.3, 0.4) is 0 Å². The zero-order chi connectivity index (χ0) is 15.5. The van der Waals surface area contributed by atoms with Crippen molar-refractivity contribution in [3.63, 3.8) is 0 Å². The number of sulfonamides is 1. The van der Waals surface area contributed by atoms with Crippen LogP contribution in [0.4, 0.5) is 0 Å². The van der Waals surface area contributed by atoms with Gasteiger partial charge >= 0.3 is 0 Å². The summed E-state index contributed by atoms with van der Waals surface area (Å²) >= 11 is 11.5. The molecule has 0 bridgehead atoms. The van der Waals surface area contributed by atoms with Crippen LogP contribution in [0, 0.1) is 5.92 Å². The second kappa shape index (κ2) is 6.76. The molecule has 0 saturated heterocycles. The maximum absolute atomic E-state index is 12.2. The fourth-order valence-electron chi connectivity index (χ4n) is 1.57. The van der Waals surface area contributed by atoms with Gasteiger partial charge in [-0.2, -0.15) is 4.72 Å². The highest BCUT2D eigenvalue weighted by Crippen LogP contribution is 2.25. The van der Waals surface area contributed by atoms with Crippen molar-refractivity contribution in [2.45, 2.75) is 31.2 Å². The highest BCUT2D eigenvalue weighted by atomic mass is 35.5. The Balaban J connectivity index is 3.09. The standard InChI is InChI=1S/C12H16Cl2N2O3S/c1-3-7(2)11(12(15)17)16-20(18,19)8-4-5-9(13)10(14)6-8/h4-7,11,16H,3H2,1-2H3,(H2,15,17). The number of nitrogens with one attached hydrogen (secondary N) is 1. The minimum Gasteiger partial charge on any atom is -0.368 e. The van der Waals surface area contributed by atoms with E-state index >= 15 is 0 Å². The van der Waals surface area contributed by atoms with Crippen molar-refractivity contribution in [1.82, 2.24) is 4.72 Å². The number of rotatable bonds is 6. The lowest BCUT2D eigenvalue weighted by atomic mass is 10.00. The third-order valence-electron chi connectivity index (χ3n) is 3.00. The van der Waals surface area contributed by atoms with Crippen LogP contribution in [0.5, 0.6) is 0 Å². The van der Waals surface area contributed by atoms with Crippen molar-refractivity contribution in [2.24, 2.45) is 11.7 Å². The van der Waals surface area contributed by atoms with Crippen LogP contribution in [0.15, 0.2) is 23.1 Å². The molecule has 3 N–H and O–H groups in total. The Bertz CT molecular complexity index is 605. The topological polar surface area (TPSA) is 89.3 Å². The quantitative estimate of drug-likeness (QED) is 0.832. The molecular weight excluding hydrogens is 323 g/mol. The molecule has 1 aromatic rings. The molecule has 0 aliphatic carbocycles. The highest BCUT2D eigenvalue weighted by molar-refractivity contribution is 7.89. The maximum Gasteiger partial charge on any atom is 0.241 e. The SMILES string of the molecule is CCC(C)C(NS(=O)(=O)c1ccc(Cl)c(Cl)c1)C(N)=O. The second-order valence-electron chi connectivity index (χ2n) is 4.46. The summed E-state index contributed by atoms with van der Waals surface area (Å²) in [5.74, 6) is -0.937. The van der Waals surface area contributed by atoms with Gasteiger partial charge in [-0.05, 0) is 24.1 Å². The van der Waals surface area contributed by atoms with Crippen LogP contribution in [-0.2, 0) is 14.8 Å². The van der Waals surface area contributed by atoms with Gasteiger partial charge in [0.25, 0.3) is 0 Å². The van der Waals surface area contributed by atoms with Gasteiger partial charge in [0.1, 0.15) is 6.04 Å². The minimum atomic E-state index is -3.89. The van der Waals surface area contributed by atoms with E-state index in [9.17, 15) is 13.2 Å². The largest absolute Gasteiger partial charge is 0.368 e. The Hall–Kier alpha value is -0.820. The van der Waals surface area contributed by atoms with Crippen molar-refractivity contribution in [2.75, 3.05) is 0 Å². The van der Waals surface area contributed by atoms with E-state index in [-0.39, 0.29) is 20.9 Å². The molecule has 0 radical (unpaired) electrons. The zero-order valence-electron chi connectivity index (χ0n) is 11.1. The van der Waals surface area contributed by atoms with Gasteiger partial charge in [0, 0.05) is 0 Å². The first-order valence-corrected chi connectivity index (χ1v) is 8.19. The first-order chi connectivity index (χ1) is 9.19. The van der Waals surface area contributed by atoms with Gasteiger partial charge in [0.05, 0.1) is 14.9 Å². The summed E-state index contributed by atoms with van der Waals surface area (Å²) in [7, 11) is -3.89. The predicted octanol–water partition coefficient (Wildman–Crippen LogP) is 2.17. The summed E-state index contributed by atoms with van der Waals surface area (Å²) in [5, 5.41) is 0.368. The van der Waals surface area contributed by atoms with Gasteiger partial charge in [-0.25, -0.2) is 8.42 Å². The number of hydrogen-bond donors (Lipinski definition) is 2. The number of carbonyl (C=O) groups excluding carboxylic acids is 1. The number of nitrogens with two attached hydrogens (primary N) is 1. The summed E-state index contributed by atoms with van der Waals surface area (Å²) in [6.07, 6.45) is 0.609. The molecule has 2 unspecified atom stereocenters. The summed E-state index contributed by atoms with van der Waals surface area (Å²) in [4.78, 5) is 11.3. The van der Waals surface area contributed by atoms with Crippen LogP contribution in [0.25, 0.3) is 0 Å². The van der Waals surface area contributed by atoms with E-state index in [4.69, 9.17) is 28.9 Å². The van der Waals surface area contributed by atoms with Crippen molar-refractivity contribution < 1.29 is 13.2 Å². The van der Waals surface area contributed by atoms with Crippen LogP contribution in [0.2, 0.25) is 10.0 Å². The van der Waals surface area contributed by atoms with Gasteiger partial charge in [0.2, 0.25) is 15.9 Å². The molecule has 5 nitrogen and oxygen atoms in total. The molecule has 0 saturated carbocycles. The molecule has 2 atom stereocenters. The average molecular weight is 339 g/mol. The lowest BCUT2D eigenvalue weighted by Crippen LogP contribution is -2.48. The normalized spacial score (nSPS) is 14.8. The van der Waals surface area contributed by atoms with E-state index in [1.165, 1.54) is 18.2 Å². The molecule has 0 heterocycles. The number of primary amides is 1. The van der Waals surface area contributed by atoms with Crippen LogP contribution < -0.4 is 10.5 Å². The van der Waals surface area contributed by atoms with E-state index in [0.29, 0.717) is 6.42 Å². The molecule has 8 heteroatoms. The van der Waals surface area contributed by atoms with Crippen molar-refractivity contribution >= 4 is 39.1 Å². The lowest BCUT2D eigenvalue weighted by Gasteiger charge is -2.21. The molecule has 0 fully saturated rings. The molecule has 1 amide bonds. The Morgan fingerprint density at radius 2 is 1.95 bits per heavy atom. The molecule has 1 aromatic carbocycles. The molecule has 0 aliphatic heterocycles. The van der Waals surface area contributed by atoms with E-state index in [1.54, 1.807) is 6.92 Å². The third kappa shape index (κ3) is 4.09. The van der Waals surface area contributed by atoms with Gasteiger partial charge in [-0.15, -0.1) is 0 Å². The fourth-order valence-corrected chi connectivity index (χ4v) is 3.27. The van der Waals surface area contributed by atoms with Crippen molar-refractivity contribution in [1.29, 1.82) is 0 Å². The van der Waals surface area contributed by atoms with Crippen molar-refractivity contribution in [3.05, 3.63) is 28.2 Å². The van der Waals surface area contributed by atoms with Crippen LogP contribution in [0.1, 0.15) is 20.3 Å². The monoisotopic (exact) mass is 338 g/mol. The van der Waals surface area contributed by atoms with Crippen LogP contribution >= 0.6 is 23.2 Å². The van der Waals surface area contributed by atoms with E-state index in [1.807, 2.05) is 6.92 Å². The van der Waals surface area contributed by atoms with Gasteiger partial charge in [0.15, 0.2) is 0 Å². The van der Waals surface area contributed by atoms with Gasteiger partial charge in [-0.3, -0.25) is 4.79 Å². The van der Waals surface area contributed by atoms with Gasteiger partial charge in [-0.1, -0.05) is 43.5 Å². The fraction of sp³-hybridized carbons (Fsp3) is 0.417. The number of amides is 1. The number of halogens is 2. The molecule has 1 rings (SSSR count). The number of benzene rings is 1. The Labute approximate surface area is 128 Å². The lowest BCUT2D eigenvalue weighted by molar-refractivity contribution is -0.120. The summed E-state index contributed by atoms with van der Waals surface area (Å²) in [6.45, 7) is 3.58. The first-order valence-electron chi connectivity index (χ1n) is 5.95. The van der Waals surface area contributed by atoms with Gasteiger partial charge < -0.3 is 5.73 Å². The van der Waals surface area contributed by atoms with Crippen LogP contribution in [-0.4, -0.2) is 20.4 Å². The molecule has 0 aromatic heterocycles. The molecular formula is C12H16Cl2N2O3S. The highest BCUT2D eigenvalue weighted by Gasteiger charge is 2.28. The molecule has 20 heavy (non-hydrogen) atoms. The summed E-state index contributed by atoms with van der Waals surface area (Å²) in [6, 6.07) is 2.94. The number of hydrogen-bond acceptors (Lipinski definition) is 3. The number of carbonyl (C=O) groups is 1. The first kappa shape index (κ1) is 17.2. The zero-order valence-corrected chi connectivity index (χ0v) is 13.4. The van der Waals surface area contributed by atoms with E-state index in [0.717, 1.165) is 0 Å². The Kier molecular flexibility index (Phi) is 5.82. The van der Waals surface area contributed by atoms with E-state index in [2.05, 4.69) is 4.72 Å². The Morgan fingerprint density at radius 3 is 2.40 bits per heavy atom. The second-order valence-corrected chi connectivity index (χ2v) is 6.99. The smallest absolute Gasteiger partial charge is 0.241 e. The average Bonchev–Trinajstić information content (AvgIpc) is 2.38. The summed E-state index contributed by atoms with van der Waals surface area (Å²) in [5.41, 5.74) is 5.24. The minimum absolute atomic E-state index is 0.0681. The predicted molar refractivity (Wildman–Crippen MR) is 79.2 cm³/mol. The molecule has 112 valence electrons. The Morgan fingerprint density at radius 1 is 1.35 bits per heavy atom. The maximum atomic E-state index is 12.2. The molecule has 0 aliphatic rings. The van der Waals surface area contributed by atoms with E-state index < -0.39 is 22.0 Å².